The molecule has 0 fully saturated rings. The van der Waals surface area contributed by atoms with Gasteiger partial charge < -0.3 is 9.84 Å². The van der Waals surface area contributed by atoms with Gasteiger partial charge in [0, 0.05) is 11.1 Å². The molecular weight excluding hydrogens is 313 g/mol. The van der Waals surface area contributed by atoms with Gasteiger partial charge in [-0.05, 0) is 36.4 Å². The van der Waals surface area contributed by atoms with Crippen molar-refractivity contribution in [2.45, 2.75) is 6.36 Å². The Kier molecular flexibility index (Phi) is 4.85. The molecule has 0 aliphatic rings. The first-order valence-electron chi connectivity index (χ1n) is 6.32. The summed E-state index contributed by atoms with van der Waals surface area (Å²) in [5.74, 6) is -1.04. The van der Waals surface area contributed by atoms with Crippen LogP contribution in [0.4, 0.5) is 13.2 Å². The summed E-state index contributed by atoms with van der Waals surface area (Å²) in [5.41, 5.74) is 2.71. The van der Waals surface area contributed by atoms with Crippen molar-refractivity contribution in [2.75, 3.05) is 0 Å². The van der Waals surface area contributed by atoms with Crippen molar-refractivity contribution in [2.24, 2.45) is 5.10 Å². The van der Waals surface area contributed by atoms with Crippen LogP contribution in [0.25, 0.3) is 0 Å². The lowest BCUT2D eigenvalue weighted by molar-refractivity contribution is -0.274. The number of ether oxygens (including phenoxy) is 1. The van der Waals surface area contributed by atoms with Gasteiger partial charge >= 0.3 is 6.36 Å². The highest BCUT2D eigenvalue weighted by Crippen LogP contribution is 2.22. The molecule has 0 saturated heterocycles. The van der Waals surface area contributed by atoms with Crippen LogP contribution in [0.5, 0.6) is 11.5 Å². The van der Waals surface area contributed by atoms with Crippen molar-refractivity contribution in [3.8, 4) is 11.5 Å². The first-order valence-corrected chi connectivity index (χ1v) is 6.32. The lowest BCUT2D eigenvalue weighted by Crippen LogP contribution is -2.19. The molecule has 0 heterocycles. The topological polar surface area (TPSA) is 70.9 Å². The van der Waals surface area contributed by atoms with Crippen LogP contribution >= 0.6 is 0 Å². The van der Waals surface area contributed by atoms with E-state index in [4.69, 9.17) is 0 Å². The van der Waals surface area contributed by atoms with E-state index in [0.29, 0.717) is 5.56 Å². The van der Waals surface area contributed by atoms with E-state index in [-0.39, 0.29) is 11.3 Å². The summed E-state index contributed by atoms with van der Waals surface area (Å²) in [5, 5.41) is 13.2. The zero-order valence-corrected chi connectivity index (χ0v) is 11.5. The van der Waals surface area contributed by atoms with Crippen molar-refractivity contribution < 1.29 is 27.8 Å². The Morgan fingerprint density at radius 3 is 2.39 bits per heavy atom. The molecule has 2 N–H and O–H groups in total. The lowest BCUT2D eigenvalue weighted by atomic mass is 10.2. The zero-order valence-electron chi connectivity index (χ0n) is 11.5. The summed E-state index contributed by atoms with van der Waals surface area (Å²) in [4.78, 5) is 11.8. The zero-order chi connectivity index (χ0) is 16.9. The van der Waals surface area contributed by atoms with E-state index in [2.05, 4.69) is 15.3 Å². The van der Waals surface area contributed by atoms with Gasteiger partial charge in [0.15, 0.2) is 0 Å². The number of hydrogen-bond acceptors (Lipinski definition) is 4. The van der Waals surface area contributed by atoms with Crippen molar-refractivity contribution >= 4 is 12.1 Å². The van der Waals surface area contributed by atoms with Gasteiger partial charge in [-0.1, -0.05) is 12.1 Å². The number of nitrogens with one attached hydrogen (secondary N) is 1. The third-order valence-corrected chi connectivity index (χ3v) is 2.66. The average Bonchev–Trinajstić information content (AvgIpc) is 2.48. The van der Waals surface area contributed by atoms with Gasteiger partial charge in [0.1, 0.15) is 11.5 Å². The first-order chi connectivity index (χ1) is 10.8. The minimum absolute atomic E-state index is 0.000786. The number of phenols is 1. The van der Waals surface area contributed by atoms with Gasteiger partial charge in [-0.15, -0.1) is 13.2 Å². The second kappa shape index (κ2) is 6.82. The number of nitrogens with zero attached hydrogens (tertiary/aromatic N) is 1. The number of para-hydroxylation sites is 1. The second-order valence-corrected chi connectivity index (χ2v) is 4.33. The average molecular weight is 324 g/mol. The summed E-state index contributed by atoms with van der Waals surface area (Å²) < 4.78 is 39.8. The SMILES string of the molecule is O=C(N/N=C/c1ccccc1O)c1ccc(OC(F)(F)F)cc1. The fourth-order valence-electron chi connectivity index (χ4n) is 1.63. The minimum Gasteiger partial charge on any atom is -0.507 e. The monoisotopic (exact) mass is 324 g/mol. The van der Waals surface area contributed by atoms with E-state index in [9.17, 15) is 23.1 Å². The van der Waals surface area contributed by atoms with Crippen LogP contribution in [0.2, 0.25) is 0 Å². The van der Waals surface area contributed by atoms with Crippen LogP contribution in [-0.2, 0) is 0 Å². The van der Waals surface area contributed by atoms with Crippen molar-refractivity contribution in [3.05, 3.63) is 59.7 Å². The van der Waals surface area contributed by atoms with E-state index < -0.39 is 18.0 Å². The van der Waals surface area contributed by atoms with Crippen LogP contribution in [-0.4, -0.2) is 23.6 Å². The summed E-state index contributed by atoms with van der Waals surface area (Å²) in [6.45, 7) is 0. The fourth-order valence-corrected chi connectivity index (χ4v) is 1.63. The number of hydrazone groups is 1. The molecule has 1 amide bonds. The minimum atomic E-state index is -4.79. The van der Waals surface area contributed by atoms with Crippen LogP contribution in [0.1, 0.15) is 15.9 Å². The van der Waals surface area contributed by atoms with Crippen molar-refractivity contribution in [1.82, 2.24) is 5.43 Å². The number of phenolic OH excluding ortho intramolecular Hbond substituents is 1. The molecule has 2 aromatic rings. The van der Waals surface area contributed by atoms with Gasteiger partial charge in [-0.25, -0.2) is 5.43 Å². The fraction of sp³-hybridized carbons (Fsp3) is 0.0667. The smallest absolute Gasteiger partial charge is 0.507 e. The molecule has 0 aliphatic carbocycles. The third-order valence-electron chi connectivity index (χ3n) is 2.66. The second-order valence-electron chi connectivity index (χ2n) is 4.33. The highest BCUT2D eigenvalue weighted by molar-refractivity contribution is 5.95. The molecule has 0 unspecified atom stereocenters. The molecule has 0 aliphatic heterocycles. The largest absolute Gasteiger partial charge is 0.573 e. The Labute approximate surface area is 129 Å². The molecule has 8 heteroatoms. The standard InChI is InChI=1S/C15H11F3N2O3/c16-15(17,18)23-12-7-5-10(6-8-12)14(22)20-19-9-11-3-1-2-4-13(11)21/h1-9,21H,(H,20,22)/b19-9+. The Balaban J connectivity index is 1.97. The molecule has 0 radical (unpaired) electrons. The van der Waals surface area contributed by atoms with E-state index in [0.717, 1.165) is 12.1 Å². The molecule has 2 rings (SSSR count). The van der Waals surface area contributed by atoms with Crippen molar-refractivity contribution in [3.63, 3.8) is 0 Å². The molecule has 0 aromatic heterocycles. The summed E-state index contributed by atoms with van der Waals surface area (Å²) in [7, 11) is 0. The Morgan fingerprint density at radius 1 is 1.13 bits per heavy atom. The van der Waals surface area contributed by atoms with E-state index in [1.807, 2.05) is 0 Å². The Hall–Kier alpha value is -3.03. The van der Waals surface area contributed by atoms with Crippen molar-refractivity contribution in [1.29, 1.82) is 0 Å². The van der Waals surface area contributed by atoms with Gasteiger partial charge in [-0.2, -0.15) is 5.10 Å². The van der Waals surface area contributed by atoms with Crippen LogP contribution < -0.4 is 10.2 Å². The van der Waals surface area contributed by atoms with E-state index >= 15 is 0 Å². The Bertz CT molecular complexity index is 713. The highest BCUT2D eigenvalue weighted by atomic mass is 19.4. The third kappa shape index (κ3) is 5.03. The molecule has 0 saturated carbocycles. The highest BCUT2D eigenvalue weighted by Gasteiger charge is 2.31. The molecule has 5 nitrogen and oxygen atoms in total. The van der Waals surface area contributed by atoms with Crippen LogP contribution in [0.15, 0.2) is 53.6 Å². The van der Waals surface area contributed by atoms with E-state index in [1.54, 1.807) is 18.2 Å². The molecule has 23 heavy (non-hydrogen) atoms. The van der Waals surface area contributed by atoms with Crippen LogP contribution in [0.3, 0.4) is 0 Å². The maximum absolute atomic E-state index is 12.0. The van der Waals surface area contributed by atoms with Gasteiger partial charge in [0.25, 0.3) is 5.91 Å². The number of carbonyl (C=O) groups excluding carboxylic acids is 1. The molecule has 0 bridgehead atoms. The first kappa shape index (κ1) is 16.3. The van der Waals surface area contributed by atoms with Crippen LogP contribution in [0, 0.1) is 0 Å². The number of aromatic hydroxyl groups is 1. The predicted molar refractivity (Wildman–Crippen MR) is 76.3 cm³/mol. The maximum Gasteiger partial charge on any atom is 0.573 e. The molecule has 120 valence electrons. The molecular formula is C15H11F3N2O3. The molecule has 2 aromatic carbocycles. The van der Waals surface area contributed by atoms with Gasteiger partial charge in [0.2, 0.25) is 0 Å². The quantitative estimate of drug-likeness (QED) is 0.671. The van der Waals surface area contributed by atoms with Gasteiger partial charge in [0.05, 0.1) is 6.21 Å². The number of halogens is 3. The number of amides is 1. The number of rotatable bonds is 4. The normalized spacial score (nSPS) is 11.4. The Morgan fingerprint density at radius 2 is 1.78 bits per heavy atom. The number of carbonyl (C=O) groups is 1. The molecule has 0 spiro atoms. The lowest BCUT2D eigenvalue weighted by Gasteiger charge is -2.08. The van der Waals surface area contributed by atoms with Gasteiger partial charge in [-0.3, -0.25) is 4.79 Å². The predicted octanol–water partition coefficient (Wildman–Crippen LogP) is 3.05. The number of alkyl halides is 3. The number of hydrogen-bond donors (Lipinski definition) is 2. The summed E-state index contributed by atoms with van der Waals surface area (Å²) in [6, 6.07) is 10.8. The maximum atomic E-state index is 12.0. The molecule has 0 atom stereocenters. The number of benzene rings is 2. The summed E-state index contributed by atoms with van der Waals surface area (Å²) >= 11 is 0. The van der Waals surface area contributed by atoms with E-state index in [1.165, 1.54) is 24.4 Å². The summed E-state index contributed by atoms with van der Waals surface area (Å²) in [6.07, 6.45) is -3.54.